The largest absolute Gasteiger partial charge is 0.462 e. The zero-order valence-corrected chi connectivity index (χ0v) is 10.7. The smallest absolute Gasteiger partial charge is 0.338 e. The first-order chi connectivity index (χ1) is 9.10. The number of carbonyl (C=O) groups is 2. The Bertz CT molecular complexity index is 502. The van der Waals surface area contributed by atoms with E-state index >= 15 is 0 Å². The van der Waals surface area contributed by atoms with Gasteiger partial charge in [-0.2, -0.15) is 0 Å². The van der Waals surface area contributed by atoms with Gasteiger partial charge in [-0.1, -0.05) is 0 Å². The van der Waals surface area contributed by atoms with Crippen LogP contribution in [0.15, 0.2) is 18.2 Å². The fourth-order valence-corrected chi connectivity index (χ4v) is 1.96. The fourth-order valence-electron chi connectivity index (χ4n) is 1.96. The summed E-state index contributed by atoms with van der Waals surface area (Å²) in [6, 6.07) is 4.98. The molecule has 0 radical (unpaired) electrons. The van der Waals surface area contributed by atoms with E-state index in [9.17, 15) is 9.59 Å². The van der Waals surface area contributed by atoms with E-state index in [-0.39, 0.29) is 11.9 Å². The van der Waals surface area contributed by atoms with Crippen molar-refractivity contribution in [2.75, 3.05) is 24.2 Å². The van der Waals surface area contributed by atoms with Crippen LogP contribution in [0.25, 0.3) is 0 Å². The van der Waals surface area contributed by atoms with Crippen LogP contribution in [0.2, 0.25) is 0 Å². The predicted octanol–water partition coefficient (Wildman–Crippen LogP) is 0.746. The van der Waals surface area contributed by atoms with E-state index in [0.717, 1.165) is 5.69 Å². The molecule has 6 nitrogen and oxygen atoms in total. The minimum absolute atomic E-state index is 0.0271. The van der Waals surface area contributed by atoms with E-state index in [0.29, 0.717) is 30.8 Å². The first-order valence-corrected chi connectivity index (χ1v) is 6.20. The first kappa shape index (κ1) is 13.2. The molecule has 1 unspecified atom stereocenters. The first-order valence-electron chi connectivity index (χ1n) is 6.20. The summed E-state index contributed by atoms with van der Waals surface area (Å²) in [5, 5.41) is 5.92. The zero-order chi connectivity index (χ0) is 13.8. The van der Waals surface area contributed by atoms with E-state index in [2.05, 4.69) is 10.6 Å². The maximum absolute atomic E-state index is 11.5. The molecular weight excluding hydrogens is 246 g/mol. The molecule has 2 rings (SSSR count). The number of benzene rings is 1. The van der Waals surface area contributed by atoms with Crippen LogP contribution < -0.4 is 16.4 Å². The summed E-state index contributed by atoms with van der Waals surface area (Å²) < 4.78 is 4.90. The Morgan fingerprint density at radius 1 is 1.58 bits per heavy atom. The Labute approximate surface area is 111 Å². The van der Waals surface area contributed by atoms with E-state index in [1.807, 2.05) is 0 Å². The minimum Gasteiger partial charge on any atom is -0.462 e. The van der Waals surface area contributed by atoms with Crippen LogP contribution in [0.3, 0.4) is 0 Å². The molecule has 1 fully saturated rings. The highest BCUT2D eigenvalue weighted by molar-refractivity contribution is 5.92. The van der Waals surface area contributed by atoms with Crippen LogP contribution in [-0.4, -0.2) is 31.1 Å². The molecule has 1 saturated heterocycles. The average Bonchev–Trinajstić information content (AvgIpc) is 2.78. The number of ether oxygens (including phenoxy) is 1. The molecule has 0 spiro atoms. The van der Waals surface area contributed by atoms with Gasteiger partial charge in [-0.15, -0.1) is 0 Å². The van der Waals surface area contributed by atoms with Gasteiger partial charge in [0.25, 0.3) is 0 Å². The molecule has 1 atom stereocenters. The van der Waals surface area contributed by atoms with Gasteiger partial charge in [0.1, 0.15) is 0 Å². The van der Waals surface area contributed by atoms with E-state index in [1.165, 1.54) is 0 Å². The van der Waals surface area contributed by atoms with Crippen LogP contribution in [0.5, 0.6) is 0 Å². The summed E-state index contributed by atoms with van der Waals surface area (Å²) in [6.07, 6.45) is 0.430. The quantitative estimate of drug-likeness (QED) is 0.550. The number of nitrogens with two attached hydrogens (primary N) is 1. The van der Waals surface area contributed by atoms with Crippen LogP contribution >= 0.6 is 0 Å². The molecule has 1 heterocycles. The topological polar surface area (TPSA) is 93.5 Å². The molecule has 0 saturated carbocycles. The molecule has 102 valence electrons. The highest BCUT2D eigenvalue weighted by atomic mass is 16.5. The number of nitrogen functional groups attached to an aromatic ring is 1. The molecule has 6 heteroatoms. The molecular formula is C13H17N3O3. The van der Waals surface area contributed by atoms with Gasteiger partial charge >= 0.3 is 5.97 Å². The lowest BCUT2D eigenvalue weighted by atomic mass is 10.1. The predicted molar refractivity (Wildman–Crippen MR) is 71.8 cm³/mol. The number of carbonyl (C=O) groups excluding carboxylic acids is 2. The van der Waals surface area contributed by atoms with Gasteiger partial charge in [0, 0.05) is 13.0 Å². The third-order valence-electron chi connectivity index (χ3n) is 2.90. The minimum atomic E-state index is -0.390. The number of nitrogens with one attached hydrogen (secondary N) is 2. The van der Waals surface area contributed by atoms with Gasteiger partial charge in [0.2, 0.25) is 5.91 Å². The normalized spacial score (nSPS) is 17.9. The second-order valence-corrected chi connectivity index (χ2v) is 4.37. The van der Waals surface area contributed by atoms with Crippen LogP contribution in [0.1, 0.15) is 23.7 Å². The van der Waals surface area contributed by atoms with Gasteiger partial charge in [0.05, 0.1) is 29.6 Å². The maximum atomic E-state index is 11.5. The molecule has 1 amide bonds. The summed E-state index contributed by atoms with van der Waals surface area (Å²) in [6.45, 7) is 2.66. The lowest BCUT2D eigenvalue weighted by molar-refractivity contribution is -0.119. The van der Waals surface area contributed by atoms with Crippen molar-refractivity contribution in [1.82, 2.24) is 5.32 Å². The van der Waals surface area contributed by atoms with Gasteiger partial charge in [-0.05, 0) is 25.1 Å². The Kier molecular flexibility index (Phi) is 3.89. The Morgan fingerprint density at radius 2 is 2.37 bits per heavy atom. The van der Waals surface area contributed by atoms with Crippen molar-refractivity contribution in [1.29, 1.82) is 0 Å². The molecule has 0 aromatic heterocycles. The summed E-state index contributed by atoms with van der Waals surface area (Å²) in [7, 11) is 0. The van der Waals surface area contributed by atoms with Crippen LogP contribution in [-0.2, 0) is 9.53 Å². The number of anilines is 2. The number of amides is 1. The number of hydrogen-bond donors (Lipinski definition) is 3. The lowest BCUT2D eigenvalue weighted by Gasteiger charge is -2.14. The summed E-state index contributed by atoms with van der Waals surface area (Å²) in [5.74, 6) is -0.363. The van der Waals surface area contributed by atoms with Gasteiger partial charge in [-0.25, -0.2) is 4.79 Å². The number of esters is 1. The van der Waals surface area contributed by atoms with Crippen molar-refractivity contribution in [3.63, 3.8) is 0 Å². The summed E-state index contributed by atoms with van der Waals surface area (Å²) in [5.41, 5.74) is 7.49. The molecule has 1 aromatic carbocycles. The SMILES string of the molecule is CCOC(=O)c1ccc(NC2CNC(=O)C2)c(N)c1. The van der Waals surface area contributed by atoms with Crippen molar-refractivity contribution >= 4 is 23.3 Å². The van der Waals surface area contributed by atoms with Gasteiger partial charge < -0.3 is 21.1 Å². The highest BCUT2D eigenvalue weighted by Gasteiger charge is 2.21. The highest BCUT2D eigenvalue weighted by Crippen LogP contribution is 2.22. The van der Waals surface area contributed by atoms with Gasteiger partial charge in [0.15, 0.2) is 0 Å². The third kappa shape index (κ3) is 3.15. The molecule has 1 aliphatic heterocycles. The molecule has 0 bridgehead atoms. The van der Waals surface area contributed by atoms with Crippen molar-refractivity contribution in [2.24, 2.45) is 0 Å². The molecule has 19 heavy (non-hydrogen) atoms. The third-order valence-corrected chi connectivity index (χ3v) is 2.90. The maximum Gasteiger partial charge on any atom is 0.338 e. The van der Waals surface area contributed by atoms with Gasteiger partial charge in [-0.3, -0.25) is 4.79 Å². The van der Waals surface area contributed by atoms with Crippen molar-refractivity contribution in [3.05, 3.63) is 23.8 Å². The zero-order valence-electron chi connectivity index (χ0n) is 10.7. The lowest BCUT2D eigenvalue weighted by Crippen LogP contribution is -2.23. The fraction of sp³-hybridized carbons (Fsp3) is 0.385. The second-order valence-electron chi connectivity index (χ2n) is 4.37. The van der Waals surface area contributed by atoms with Crippen LogP contribution in [0, 0.1) is 0 Å². The standard InChI is InChI=1S/C13H17N3O3/c1-2-19-13(18)8-3-4-11(10(14)5-8)16-9-6-12(17)15-7-9/h3-5,9,16H,2,6-7,14H2,1H3,(H,15,17). The molecule has 1 aliphatic rings. The summed E-state index contributed by atoms with van der Waals surface area (Å²) >= 11 is 0. The van der Waals surface area contributed by atoms with E-state index in [1.54, 1.807) is 25.1 Å². The summed E-state index contributed by atoms with van der Waals surface area (Å²) in [4.78, 5) is 22.6. The average molecular weight is 263 g/mol. The Hall–Kier alpha value is -2.24. The molecule has 1 aromatic rings. The Balaban J connectivity index is 2.06. The van der Waals surface area contributed by atoms with Crippen LogP contribution in [0.4, 0.5) is 11.4 Å². The van der Waals surface area contributed by atoms with Crippen molar-refractivity contribution < 1.29 is 14.3 Å². The monoisotopic (exact) mass is 263 g/mol. The van der Waals surface area contributed by atoms with E-state index in [4.69, 9.17) is 10.5 Å². The Morgan fingerprint density at radius 3 is 2.95 bits per heavy atom. The van der Waals surface area contributed by atoms with Crippen molar-refractivity contribution in [3.8, 4) is 0 Å². The number of hydrogen-bond acceptors (Lipinski definition) is 5. The van der Waals surface area contributed by atoms with E-state index < -0.39 is 5.97 Å². The second kappa shape index (κ2) is 5.60. The van der Waals surface area contributed by atoms with Crippen molar-refractivity contribution in [2.45, 2.75) is 19.4 Å². The molecule has 4 N–H and O–H groups in total. The molecule has 0 aliphatic carbocycles. The number of rotatable bonds is 4.